The molecule has 0 aromatic heterocycles. The number of benzene rings is 1. The van der Waals surface area contributed by atoms with Crippen molar-refractivity contribution in [2.24, 2.45) is 5.92 Å². The second kappa shape index (κ2) is 6.79. The smallest absolute Gasteiger partial charge is 0.407 e. The monoisotopic (exact) mass is 249 g/mol. The first kappa shape index (κ1) is 14.2. The molecule has 0 spiro atoms. The fraction of sp³-hybridized carbons (Fsp3) is 0.429. The summed E-state index contributed by atoms with van der Waals surface area (Å²) in [4.78, 5) is 22.7. The summed E-state index contributed by atoms with van der Waals surface area (Å²) in [5.74, 6) is -0.167. The third kappa shape index (κ3) is 4.57. The molecular formula is C14H19NO3. The predicted molar refractivity (Wildman–Crippen MR) is 69.1 cm³/mol. The Hall–Kier alpha value is -1.84. The van der Waals surface area contributed by atoms with Gasteiger partial charge in [0.25, 0.3) is 0 Å². The van der Waals surface area contributed by atoms with Gasteiger partial charge >= 0.3 is 6.09 Å². The van der Waals surface area contributed by atoms with Gasteiger partial charge < -0.3 is 10.1 Å². The summed E-state index contributed by atoms with van der Waals surface area (Å²) in [6.45, 7) is 5.31. The molecule has 0 aliphatic carbocycles. The van der Waals surface area contributed by atoms with Crippen LogP contribution in [0, 0.1) is 5.92 Å². The average molecular weight is 249 g/mol. The van der Waals surface area contributed by atoms with Crippen LogP contribution in [0.4, 0.5) is 4.79 Å². The van der Waals surface area contributed by atoms with E-state index in [9.17, 15) is 9.59 Å². The van der Waals surface area contributed by atoms with Crippen molar-refractivity contribution >= 4 is 11.9 Å². The Morgan fingerprint density at radius 2 is 1.83 bits per heavy atom. The molecule has 18 heavy (non-hydrogen) atoms. The average Bonchev–Trinajstić information content (AvgIpc) is 2.36. The van der Waals surface area contributed by atoms with Crippen LogP contribution in [0.3, 0.4) is 0 Å². The van der Waals surface area contributed by atoms with Gasteiger partial charge in [-0.1, -0.05) is 37.3 Å². The van der Waals surface area contributed by atoms with Crippen molar-refractivity contribution in [3.8, 4) is 0 Å². The quantitative estimate of drug-likeness (QED) is 0.872. The van der Waals surface area contributed by atoms with Crippen LogP contribution in [0.15, 0.2) is 30.3 Å². The molecule has 1 rings (SSSR count). The normalized spacial score (nSPS) is 13.5. The van der Waals surface area contributed by atoms with E-state index >= 15 is 0 Å². The number of ketones is 1. The molecule has 0 saturated carbocycles. The van der Waals surface area contributed by atoms with Gasteiger partial charge in [0.2, 0.25) is 0 Å². The standard InChI is InChI=1S/C14H19NO3/c1-10(12(3)16)11(2)15-14(17)18-9-13-7-5-4-6-8-13/h4-8,10-11H,9H2,1-3H3,(H,15,17). The summed E-state index contributed by atoms with van der Waals surface area (Å²) in [5, 5.41) is 2.65. The zero-order chi connectivity index (χ0) is 13.5. The molecule has 0 aliphatic heterocycles. The van der Waals surface area contributed by atoms with Crippen molar-refractivity contribution in [3.63, 3.8) is 0 Å². The Morgan fingerprint density at radius 1 is 1.22 bits per heavy atom. The molecule has 1 N–H and O–H groups in total. The second-order valence-corrected chi connectivity index (χ2v) is 4.39. The van der Waals surface area contributed by atoms with E-state index in [2.05, 4.69) is 5.32 Å². The lowest BCUT2D eigenvalue weighted by molar-refractivity contribution is -0.120. The van der Waals surface area contributed by atoms with E-state index in [0.717, 1.165) is 5.56 Å². The highest BCUT2D eigenvalue weighted by molar-refractivity contribution is 5.79. The van der Waals surface area contributed by atoms with Crippen molar-refractivity contribution in [2.45, 2.75) is 33.4 Å². The van der Waals surface area contributed by atoms with Gasteiger partial charge in [0.15, 0.2) is 0 Å². The summed E-state index contributed by atoms with van der Waals surface area (Å²) >= 11 is 0. The molecule has 0 bridgehead atoms. The van der Waals surface area contributed by atoms with Gasteiger partial charge in [0.1, 0.15) is 12.4 Å². The molecule has 4 nitrogen and oxygen atoms in total. The highest BCUT2D eigenvalue weighted by Gasteiger charge is 2.18. The molecule has 0 aliphatic rings. The van der Waals surface area contributed by atoms with Gasteiger partial charge in [-0.2, -0.15) is 0 Å². The SMILES string of the molecule is CC(=O)C(C)C(C)NC(=O)OCc1ccccc1. The highest BCUT2D eigenvalue weighted by Crippen LogP contribution is 2.05. The molecule has 1 aromatic rings. The number of alkyl carbamates (subject to hydrolysis) is 1. The van der Waals surface area contributed by atoms with Crippen LogP contribution in [-0.2, 0) is 16.1 Å². The topological polar surface area (TPSA) is 55.4 Å². The van der Waals surface area contributed by atoms with E-state index in [1.54, 1.807) is 13.8 Å². The predicted octanol–water partition coefficient (Wildman–Crippen LogP) is 2.53. The van der Waals surface area contributed by atoms with Crippen LogP contribution < -0.4 is 5.32 Å². The number of carbonyl (C=O) groups excluding carboxylic acids is 2. The van der Waals surface area contributed by atoms with Gasteiger partial charge in [0, 0.05) is 12.0 Å². The second-order valence-electron chi connectivity index (χ2n) is 4.39. The molecular weight excluding hydrogens is 230 g/mol. The molecule has 4 heteroatoms. The third-order valence-corrected chi connectivity index (χ3v) is 2.95. The Morgan fingerprint density at radius 3 is 2.39 bits per heavy atom. The fourth-order valence-electron chi connectivity index (χ4n) is 1.43. The molecule has 0 saturated heterocycles. The molecule has 0 radical (unpaired) electrons. The van der Waals surface area contributed by atoms with Crippen LogP contribution in [0.5, 0.6) is 0 Å². The Kier molecular flexibility index (Phi) is 5.36. The Labute approximate surface area is 107 Å². The Balaban J connectivity index is 2.36. The van der Waals surface area contributed by atoms with E-state index in [0.29, 0.717) is 0 Å². The largest absolute Gasteiger partial charge is 0.445 e. The van der Waals surface area contributed by atoms with Crippen LogP contribution in [0.1, 0.15) is 26.3 Å². The minimum Gasteiger partial charge on any atom is -0.445 e. The van der Waals surface area contributed by atoms with E-state index < -0.39 is 6.09 Å². The maximum absolute atomic E-state index is 11.5. The third-order valence-electron chi connectivity index (χ3n) is 2.95. The highest BCUT2D eigenvalue weighted by atomic mass is 16.5. The zero-order valence-electron chi connectivity index (χ0n) is 11.0. The van der Waals surface area contributed by atoms with Crippen LogP contribution >= 0.6 is 0 Å². The van der Waals surface area contributed by atoms with Crippen molar-refractivity contribution in [1.29, 1.82) is 0 Å². The lowest BCUT2D eigenvalue weighted by Crippen LogP contribution is -2.39. The number of ether oxygens (including phenoxy) is 1. The zero-order valence-corrected chi connectivity index (χ0v) is 11.0. The van der Waals surface area contributed by atoms with E-state index in [-0.39, 0.29) is 24.3 Å². The molecule has 1 aromatic carbocycles. The minimum absolute atomic E-state index is 0.0471. The summed E-state index contributed by atoms with van der Waals surface area (Å²) in [6.07, 6.45) is -0.501. The summed E-state index contributed by atoms with van der Waals surface area (Å²) < 4.78 is 5.07. The first-order valence-electron chi connectivity index (χ1n) is 5.98. The molecule has 2 unspecified atom stereocenters. The minimum atomic E-state index is -0.501. The molecule has 98 valence electrons. The van der Waals surface area contributed by atoms with Gasteiger partial charge in [-0.3, -0.25) is 4.79 Å². The van der Waals surface area contributed by atoms with Gasteiger partial charge in [-0.15, -0.1) is 0 Å². The molecule has 0 heterocycles. The van der Waals surface area contributed by atoms with Crippen LogP contribution in [-0.4, -0.2) is 17.9 Å². The number of carbonyl (C=O) groups is 2. The number of hydrogen-bond donors (Lipinski definition) is 1. The van der Waals surface area contributed by atoms with Crippen molar-refractivity contribution in [1.82, 2.24) is 5.32 Å². The first-order chi connectivity index (χ1) is 8.50. The van der Waals surface area contributed by atoms with Crippen molar-refractivity contribution in [2.75, 3.05) is 0 Å². The molecule has 2 atom stereocenters. The number of Topliss-reactive ketones (excluding diaryl/α,β-unsaturated/α-hetero) is 1. The maximum atomic E-state index is 11.5. The van der Waals surface area contributed by atoms with Gasteiger partial charge in [0.05, 0.1) is 0 Å². The maximum Gasteiger partial charge on any atom is 0.407 e. The van der Waals surface area contributed by atoms with Crippen molar-refractivity contribution in [3.05, 3.63) is 35.9 Å². The van der Waals surface area contributed by atoms with E-state index in [4.69, 9.17) is 4.74 Å². The van der Waals surface area contributed by atoms with Crippen LogP contribution in [0.2, 0.25) is 0 Å². The number of rotatable bonds is 5. The van der Waals surface area contributed by atoms with Crippen LogP contribution in [0.25, 0.3) is 0 Å². The van der Waals surface area contributed by atoms with Crippen molar-refractivity contribution < 1.29 is 14.3 Å². The lowest BCUT2D eigenvalue weighted by atomic mass is 10.00. The molecule has 1 amide bonds. The molecule has 0 fully saturated rings. The first-order valence-corrected chi connectivity index (χ1v) is 5.98. The Bertz CT molecular complexity index is 403. The lowest BCUT2D eigenvalue weighted by Gasteiger charge is -2.18. The number of hydrogen-bond acceptors (Lipinski definition) is 3. The van der Waals surface area contributed by atoms with Gasteiger partial charge in [-0.25, -0.2) is 4.79 Å². The van der Waals surface area contributed by atoms with E-state index in [1.807, 2.05) is 30.3 Å². The number of nitrogens with one attached hydrogen (secondary N) is 1. The summed E-state index contributed by atoms with van der Waals surface area (Å²) in [5.41, 5.74) is 0.930. The number of amides is 1. The summed E-state index contributed by atoms with van der Waals surface area (Å²) in [7, 11) is 0. The summed E-state index contributed by atoms with van der Waals surface area (Å²) in [6, 6.07) is 9.21. The van der Waals surface area contributed by atoms with Gasteiger partial charge in [-0.05, 0) is 19.4 Å². The fourth-order valence-corrected chi connectivity index (χ4v) is 1.43. The van der Waals surface area contributed by atoms with E-state index in [1.165, 1.54) is 6.92 Å².